The summed E-state index contributed by atoms with van der Waals surface area (Å²) in [6.07, 6.45) is 3.27. The van der Waals surface area contributed by atoms with Crippen LogP contribution >= 0.6 is 0 Å². The van der Waals surface area contributed by atoms with Crippen LogP contribution in [-0.2, 0) is 4.79 Å². The van der Waals surface area contributed by atoms with Crippen LogP contribution in [0.1, 0.15) is 53.9 Å². The molecule has 1 fully saturated rings. The van der Waals surface area contributed by atoms with Gasteiger partial charge in [-0.2, -0.15) is 0 Å². The smallest absolute Gasteiger partial charge is 0.240 e. The molecule has 3 nitrogen and oxygen atoms in total. The second-order valence-electron chi connectivity index (χ2n) is 6.69. The van der Waals surface area contributed by atoms with Gasteiger partial charge >= 0.3 is 0 Å². The summed E-state index contributed by atoms with van der Waals surface area (Å²) in [7, 11) is 0. The molecule has 1 heterocycles. The topological polar surface area (TPSA) is 41.1 Å². The van der Waals surface area contributed by atoms with Crippen LogP contribution < -0.4 is 10.6 Å². The molecule has 3 heteroatoms. The van der Waals surface area contributed by atoms with Gasteiger partial charge in [-0.1, -0.05) is 27.7 Å². The Bertz CT molecular complexity index is 262. The van der Waals surface area contributed by atoms with Crippen LogP contribution in [0.2, 0.25) is 0 Å². The first-order chi connectivity index (χ1) is 7.76. The zero-order chi connectivity index (χ0) is 13.1. The zero-order valence-corrected chi connectivity index (χ0v) is 12.0. The Balaban J connectivity index is 2.44. The van der Waals surface area contributed by atoms with Crippen molar-refractivity contribution in [2.75, 3.05) is 13.1 Å². The summed E-state index contributed by atoms with van der Waals surface area (Å²) < 4.78 is 0. The summed E-state index contributed by atoms with van der Waals surface area (Å²) >= 11 is 0. The van der Waals surface area contributed by atoms with Gasteiger partial charge in [-0.3, -0.25) is 4.79 Å². The molecule has 0 radical (unpaired) electrons. The number of piperidine rings is 1. The van der Waals surface area contributed by atoms with E-state index in [1.807, 2.05) is 6.92 Å². The molecular formula is C14H28N2O. The predicted molar refractivity (Wildman–Crippen MR) is 71.9 cm³/mol. The average molecular weight is 240 g/mol. The second kappa shape index (κ2) is 5.38. The van der Waals surface area contributed by atoms with Gasteiger partial charge in [-0.05, 0) is 44.1 Å². The predicted octanol–water partition coefficient (Wildman–Crippen LogP) is 2.32. The van der Waals surface area contributed by atoms with Gasteiger partial charge in [0.1, 0.15) is 0 Å². The summed E-state index contributed by atoms with van der Waals surface area (Å²) in [5.41, 5.74) is -0.107. The molecule has 1 aliphatic heterocycles. The van der Waals surface area contributed by atoms with Gasteiger partial charge < -0.3 is 10.6 Å². The van der Waals surface area contributed by atoms with Gasteiger partial charge in [-0.25, -0.2) is 0 Å². The van der Waals surface area contributed by atoms with Crippen molar-refractivity contribution in [3.63, 3.8) is 0 Å². The van der Waals surface area contributed by atoms with E-state index in [-0.39, 0.29) is 16.9 Å². The molecule has 0 spiro atoms. The summed E-state index contributed by atoms with van der Waals surface area (Å²) in [6.45, 7) is 12.6. The minimum Gasteiger partial charge on any atom is -0.354 e. The molecule has 1 saturated heterocycles. The molecule has 2 N–H and O–H groups in total. The number of amides is 1. The SMILES string of the molecule is CC(CNC(=O)C1(C)CCCCN1)C(C)(C)C. The van der Waals surface area contributed by atoms with Crippen molar-refractivity contribution in [1.29, 1.82) is 0 Å². The number of carbonyl (C=O) groups excluding carboxylic acids is 1. The van der Waals surface area contributed by atoms with E-state index < -0.39 is 0 Å². The molecule has 0 aliphatic carbocycles. The number of hydrogen-bond acceptors (Lipinski definition) is 2. The highest BCUT2D eigenvalue weighted by Crippen LogP contribution is 2.25. The molecule has 1 aliphatic rings. The van der Waals surface area contributed by atoms with Crippen LogP contribution in [0.3, 0.4) is 0 Å². The molecule has 0 aromatic carbocycles. The first-order valence-corrected chi connectivity index (χ1v) is 6.79. The third-order valence-electron chi connectivity index (χ3n) is 4.17. The Kier molecular flexibility index (Phi) is 4.59. The Hall–Kier alpha value is -0.570. The number of rotatable bonds is 3. The minimum absolute atomic E-state index is 0.160. The van der Waals surface area contributed by atoms with Gasteiger partial charge in [0.05, 0.1) is 5.54 Å². The van der Waals surface area contributed by atoms with Crippen molar-refractivity contribution in [3.8, 4) is 0 Å². The van der Waals surface area contributed by atoms with Gasteiger partial charge in [0.2, 0.25) is 5.91 Å². The fourth-order valence-electron chi connectivity index (χ4n) is 2.00. The van der Waals surface area contributed by atoms with E-state index in [9.17, 15) is 4.79 Å². The zero-order valence-electron chi connectivity index (χ0n) is 12.0. The van der Waals surface area contributed by atoms with Crippen molar-refractivity contribution >= 4 is 5.91 Å². The van der Waals surface area contributed by atoms with Crippen LogP contribution in [0.5, 0.6) is 0 Å². The van der Waals surface area contributed by atoms with Crippen LogP contribution in [0.25, 0.3) is 0 Å². The first kappa shape index (κ1) is 14.5. The lowest BCUT2D eigenvalue weighted by molar-refractivity contribution is -0.128. The highest BCUT2D eigenvalue weighted by atomic mass is 16.2. The molecule has 2 atom stereocenters. The van der Waals surface area contributed by atoms with Gasteiger partial charge in [0.25, 0.3) is 0 Å². The quantitative estimate of drug-likeness (QED) is 0.795. The van der Waals surface area contributed by atoms with Crippen molar-refractivity contribution < 1.29 is 4.79 Å². The highest BCUT2D eigenvalue weighted by molar-refractivity contribution is 5.85. The van der Waals surface area contributed by atoms with Crippen molar-refractivity contribution in [3.05, 3.63) is 0 Å². The summed E-state index contributed by atoms with van der Waals surface area (Å²) in [5, 5.41) is 6.44. The van der Waals surface area contributed by atoms with Crippen LogP contribution in [0, 0.1) is 11.3 Å². The van der Waals surface area contributed by atoms with Crippen molar-refractivity contribution in [2.45, 2.75) is 59.4 Å². The van der Waals surface area contributed by atoms with Crippen LogP contribution in [0.15, 0.2) is 0 Å². The lowest BCUT2D eigenvalue weighted by Crippen LogP contribution is -2.57. The Labute approximate surface area is 106 Å². The van der Waals surface area contributed by atoms with E-state index in [2.05, 4.69) is 38.3 Å². The maximum absolute atomic E-state index is 12.2. The fraction of sp³-hybridized carbons (Fsp3) is 0.929. The van der Waals surface area contributed by atoms with E-state index >= 15 is 0 Å². The lowest BCUT2D eigenvalue weighted by Gasteiger charge is -2.35. The monoisotopic (exact) mass is 240 g/mol. The van der Waals surface area contributed by atoms with Gasteiger partial charge in [-0.15, -0.1) is 0 Å². The Morgan fingerprint density at radius 1 is 1.41 bits per heavy atom. The summed E-state index contributed by atoms with van der Waals surface area (Å²) in [5.74, 6) is 0.645. The van der Waals surface area contributed by atoms with E-state index in [0.29, 0.717) is 5.92 Å². The maximum atomic E-state index is 12.2. The van der Waals surface area contributed by atoms with Crippen LogP contribution in [0.4, 0.5) is 0 Å². The van der Waals surface area contributed by atoms with E-state index in [4.69, 9.17) is 0 Å². The molecule has 0 bridgehead atoms. The van der Waals surface area contributed by atoms with Crippen molar-refractivity contribution in [1.82, 2.24) is 10.6 Å². The largest absolute Gasteiger partial charge is 0.354 e. The molecule has 0 saturated carbocycles. The first-order valence-electron chi connectivity index (χ1n) is 6.79. The van der Waals surface area contributed by atoms with E-state index in [1.54, 1.807) is 0 Å². The second-order valence-corrected chi connectivity index (χ2v) is 6.69. The molecule has 100 valence electrons. The maximum Gasteiger partial charge on any atom is 0.240 e. The molecule has 1 amide bonds. The normalized spacial score (nSPS) is 27.6. The molecule has 0 aromatic heterocycles. The van der Waals surface area contributed by atoms with E-state index in [1.165, 1.54) is 6.42 Å². The third-order valence-corrected chi connectivity index (χ3v) is 4.17. The third kappa shape index (κ3) is 3.98. The Morgan fingerprint density at radius 2 is 2.06 bits per heavy atom. The van der Waals surface area contributed by atoms with Crippen LogP contribution in [-0.4, -0.2) is 24.5 Å². The number of nitrogens with one attached hydrogen (secondary N) is 2. The molecule has 0 aromatic rings. The highest BCUT2D eigenvalue weighted by Gasteiger charge is 2.34. The summed E-state index contributed by atoms with van der Waals surface area (Å²) in [6, 6.07) is 0. The molecule has 1 rings (SSSR count). The average Bonchev–Trinajstić information content (AvgIpc) is 2.25. The van der Waals surface area contributed by atoms with Gasteiger partial charge in [0.15, 0.2) is 0 Å². The lowest BCUT2D eigenvalue weighted by atomic mass is 9.82. The standard InChI is InChI=1S/C14H28N2O/c1-11(13(2,3)4)10-15-12(17)14(5)8-6-7-9-16-14/h11,16H,6-10H2,1-5H3,(H,15,17). The van der Waals surface area contributed by atoms with Crippen molar-refractivity contribution in [2.24, 2.45) is 11.3 Å². The Morgan fingerprint density at radius 3 is 2.53 bits per heavy atom. The molecule has 2 unspecified atom stereocenters. The van der Waals surface area contributed by atoms with Gasteiger partial charge in [0, 0.05) is 6.54 Å². The minimum atomic E-state index is -0.351. The number of hydrogen-bond donors (Lipinski definition) is 2. The molecular weight excluding hydrogens is 212 g/mol. The number of carbonyl (C=O) groups is 1. The summed E-state index contributed by atoms with van der Waals surface area (Å²) in [4.78, 5) is 12.2. The molecule has 17 heavy (non-hydrogen) atoms. The van der Waals surface area contributed by atoms with E-state index in [0.717, 1.165) is 25.9 Å². The fourth-order valence-corrected chi connectivity index (χ4v) is 2.00.